The van der Waals surface area contributed by atoms with Crippen LogP contribution in [-0.2, 0) is 25.6 Å². The molecule has 0 bridgehead atoms. The first-order valence-electron chi connectivity index (χ1n) is 9.11. The standard InChI is InChI=1S/C20H28N2O6/c1-19(2,3)28-17(24)21-11-12-22(20(4,14-21)16(23)26-5)18(25)27-13-15-9-7-6-8-10-15/h6-10H,11-14H2,1-5H3. The third kappa shape index (κ3) is 5.15. The van der Waals surface area contributed by atoms with Crippen LogP contribution in [0.3, 0.4) is 0 Å². The van der Waals surface area contributed by atoms with E-state index < -0.39 is 29.3 Å². The normalized spacial score (nSPS) is 19.8. The highest BCUT2D eigenvalue weighted by Gasteiger charge is 2.49. The van der Waals surface area contributed by atoms with Crippen molar-refractivity contribution >= 4 is 18.2 Å². The second kappa shape index (κ2) is 8.50. The summed E-state index contributed by atoms with van der Waals surface area (Å²) in [7, 11) is 1.24. The molecule has 0 spiro atoms. The molecular weight excluding hydrogens is 364 g/mol. The second-order valence-corrected chi connectivity index (χ2v) is 7.86. The molecule has 0 aliphatic carbocycles. The summed E-state index contributed by atoms with van der Waals surface area (Å²) in [5, 5.41) is 0. The van der Waals surface area contributed by atoms with Gasteiger partial charge in [-0.05, 0) is 33.3 Å². The number of amides is 2. The fraction of sp³-hybridized carbons (Fsp3) is 0.550. The van der Waals surface area contributed by atoms with Gasteiger partial charge in [0.15, 0.2) is 5.54 Å². The van der Waals surface area contributed by atoms with Crippen LogP contribution in [0.25, 0.3) is 0 Å². The number of methoxy groups -OCH3 is 1. The minimum atomic E-state index is -1.38. The number of esters is 1. The quantitative estimate of drug-likeness (QED) is 0.581. The Kier molecular flexibility index (Phi) is 6.53. The monoisotopic (exact) mass is 392 g/mol. The first kappa shape index (κ1) is 21.5. The number of piperazine rings is 1. The maximum Gasteiger partial charge on any atom is 0.411 e. The lowest BCUT2D eigenvalue weighted by atomic mass is 9.97. The van der Waals surface area contributed by atoms with E-state index in [2.05, 4.69) is 0 Å². The van der Waals surface area contributed by atoms with Gasteiger partial charge >= 0.3 is 18.2 Å². The van der Waals surface area contributed by atoms with Gasteiger partial charge in [0, 0.05) is 13.1 Å². The Labute approximate surface area is 165 Å². The van der Waals surface area contributed by atoms with E-state index in [0.29, 0.717) is 0 Å². The van der Waals surface area contributed by atoms with E-state index in [1.807, 2.05) is 30.3 Å². The van der Waals surface area contributed by atoms with Gasteiger partial charge in [-0.15, -0.1) is 0 Å². The fourth-order valence-electron chi connectivity index (χ4n) is 2.97. The highest BCUT2D eigenvalue weighted by Crippen LogP contribution is 2.26. The van der Waals surface area contributed by atoms with E-state index in [1.54, 1.807) is 27.7 Å². The number of rotatable bonds is 3. The molecule has 8 heteroatoms. The van der Waals surface area contributed by atoms with Crippen molar-refractivity contribution in [2.24, 2.45) is 0 Å². The average molecular weight is 392 g/mol. The van der Waals surface area contributed by atoms with Crippen molar-refractivity contribution in [2.75, 3.05) is 26.7 Å². The van der Waals surface area contributed by atoms with Gasteiger partial charge in [-0.25, -0.2) is 14.4 Å². The van der Waals surface area contributed by atoms with Crippen LogP contribution < -0.4 is 0 Å². The molecule has 0 radical (unpaired) electrons. The lowest BCUT2D eigenvalue weighted by molar-refractivity contribution is -0.156. The van der Waals surface area contributed by atoms with Crippen molar-refractivity contribution in [1.82, 2.24) is 9.80 Å². The van der Waals surface area contributed by atoms with E-state index in [1.165, 1.54) is 16.9 Å². The maximum atomic E-state index is 12.7. The zero-order valence-corrected chi connectivity index (χ0v) is 17.1. The molecule has 8 nitrogen and oxygen atoms in total. The second-order valence-electron chi connectivity index (χ2n) is 7.86. The van der Waals surface area contributed by atoms with Gasteiger partial charge in [0.05, 0.1) is 13.7 Å². The molecule has 1 fully saturated rings. The molecule has 1 atom stereocenters. The first-order valence-corrected chi connectivity index (χ1v) is 9.11. The number of benzene rings is 1. The van der Waals surface area contributed by atoms with Crippen molar-refractivity contribution in [3.05, 3.63) is 35.9 Å². The predicted octanol–water partition coefficient (Wildman–Crippen LogP) is 2.81. The van der Waals surface area contributed by atoms with Gasteiger partial charge in [0.25, 0.3) is 0 Å². The summed E-state index contributed by atoms with van der Waals surface area (Å²) in [6.07, 6.45) is -1.18. The molecular formula is C20H28N2O6. The molecule has 1 aromatic rings. The third-order valence-electron chi connectivity index (χ3n) is 4.39. The first-order chi connectivity index (χ1) is 13.1. The SMILES string of the molecule is COC(=O)C1(C)CN(C(=O)OC(C)(C)C)CCN1C(=O)OCc1ccccc1. The maximum absolute atomic E-state index is 12.7. The fourth-order valence-corrected chi connectivity index (χ4v) is 2.97. The molecule has 28 heavy (non-hydrogen) atoms. The number of carbonyl (C=O) groups excluding carboxylic acids is 3. The van der Waals surface area contributed by atoms with E-state index in [0.717, 1.165) is 5.56 Å². The molecule has 2 amide bonds. The Hall–Kier alpha value is -2.77. The number of hydrogen-bond donors (Lipinski definition) is 0. The summed E-state index contributed by atoms with van der Waals surface area (Å²) in [6.45, 7) is 7.24. The van der Waals surface area contributed by atoms with E-state index in [4.69, 9.17) is 14.2 Å². The highest BCUT2D eigenvalue weighted by atomic mass is 16.6. The topological polar surface area (TPSA) is 85.4 Å². The predicted molar refractivity (Wildman–Crippen MR) is 102 cm³/mol. The number of ether oxygens (including phenoxy) is 3. The molecule has 154 valence electrons. The van der Waals surface area contributed by atoms with Crippen LogP contribution in [-0.4, -0.2) is 65.8 Å². The van der Waals surface area contributed by atoms with Crippen LogP contribution in [0, 0.1) is 0 Å². The van der Waals surface area contributed by atoms with E-state index in [-0.39, 0.29) is 26.2 Å². The summed E-state index contributed by atoms with van der Waals surface area (Å²) in [5.41, 5.74) is -1.20. The molecule has 0 N–H and O–H groups in total. The molecule has 1 heterocycles. The summed E-state index contributed by atoms with van der Waals surface area (Å²) in [4.78, 5) is 40.3. The Morgan fingerprint density at radius 1 is 1.07 bits per heavy atom. The summed E-state index contributed by atoms with van der Waals surface area (Å²) >= 11 is 0. The van der Waals surface area contributed by atoms with Gasteiger partial charge in [-0.3, -0.25) is 4.90 Å². The van der Waals surface area contributed by atoms with Crippen molar-refractivity contribution < 1.29 is 28.6 Å². The zero-order chi connectivity index (χ0) is 20.9. The number of carbonyl (C=O) groups is 3. The Balaban J connectivity index is 2.12. The average Bonchev–Trinajstić information content (AvgIpc) is 2.64. The zero-order valence-electron chi connectivity index (χ0n) is 17.1. The van der Waals surface area contributed by atoms with E-state index in [9.17, 15) is 14.4 Å². The molecule has 1 saturated heterocycles. The molecule has 0 saturated carbocycles. The molecule has 1 aliphatic heterocycles. The third-order valence-corrected chi connectivity index (χ3v) is 4.39. The van der Waals surface area contributed by atoms with Gasteiger partial charge in [0.2, 0.25) is 0 Å². The smallest absolute Gasteiger partial charge is 0.411 e. The summed E-state index contributed by atoms with van der Waals surface area (Å²) in [6, 6.07) is 9.25. The molecule has 1 aliphatic rings. The van der Waals surface area contributed by atoms with E-state index >= 15 is 0 Å². The Bertz CT molecular complexity index is 715. The van der Waals surface area contributed by atoms with Crippen LogP contribution in [0.1, 0.15) is 33.3 Å². The number of nitrogens with zero attached hydrogens (tertiary/aromatic N) is 2. The van der Waals surface area contributed by atoms with Gasteiger partial charge in [-0.1, -0.05) is 30.3 Å². The molecule has 0 aromatic heterocycles. The largest absolute Gasteiger partial charge is 0.467 e. The lowest BCUT2D eigenvalue weighted by Gasteiger charge is -2.45. The lowest BCUT2D eigenvalue weighted by Crippen LogP contribution is -2.67. The van der Waals surface area contributed by atoms with Crippen LogP contribution in [0.5, 0.6) is 0 Å². The molecule has 2 rings (SSSR count). The molecule has 1 aromatic carbocycles. The minimum absolute atomic E-state index is 0.0466. The van der Waals surface area contributed by atoms with Crippen molar-refractivity contribution in [3.8, 4) is 0 Å². The van der Waals surface area contributed by atoms with Gasteiger partial charge in [0.1, 0.15) is 12.2 Å². The Morgan fingerprint density at radius 3 is 2.29 bits per heavy atom. The summed E-state index contributed by atoms with van der Waals surface area (Å²) < 4.78 is 15.7. The number of hydrogen-bond acceptors (Lipinski definition) is 6. The van der Waals surface area contributed by atoms with Crippen LogP contribution in [0.4, 0.5) is 9.59 Å². The van der Waals surface area contributed by atoms with Crippen LogP contribution in [0.2, 0.25) is 0 Å². The highest BCUT2D eigenvalue weighted by molar-refractivity contribution is 5.87. The van der Waals surface area contributed by atoms with Crippen LogP contribution >= 0.6 is 0 Å². The minimum Gasteiger partial charge on any atom is -0.467 e. The molecule has 1 unspecified atom stereocenters. The summed E-state index contributed by atoms with van der Waals surface area (Å²) in [5.74, 6) is -0.627. The van der Waals surface area contributed by atoms with Gasteiger partial charge in [-0.2, -0.15) is 0 Å². The van der Waals surface area contributed by atoms with Gasteiger partial charge < -0.3 is 19.1 Å². The Morgan fingerprint density at radius 2 is 1.71 bits per heavy atom. The van der Waals surface area contributed by atoms with Crippen molar-refractivity contribution in [1.29, 1.82) is 0 Å². The van der Waals surface area contributed by atoms with Crippen molar-refractivity contribution in [3.63, 3.8) is 0 Å². The van der Waals surface area contributed by atoms with Crippen molar-refractivity contribution in [2.45, 2.75) is 45.4 Å². The van der Waals surface area contributed by atoms with Crippen LogP contribution in [0.15, 0.2) is 30.3 Å².